The van der Waals surface area contributed by atoms with Crippen LogP contribution in [-0.4, -0.2) is 16.1 Å². The van der Waals surface area contributed by atoms with Crippen LogP contribution in [-0.2, 0) is 17.4 Å². The van der Waals surface area contributed by atoms with E-state index in [0.717, 1.165) is 17.7 Å². The summed E-state index contributed by atoms with van der Waals surface area (Å²) in [5.41, 5.74) is 0.289. The first-order valence-electron chi connectivity index (χ1n) is 5.82. The van der Waals surface area contributed by atoms with Gasteiger partial charge in [-0.05, 0) is 18.6 Å². The summed E-state index contributed by atoms with van der Waals surface area (Å²) in [5.74, 6) is 0.0404. The van der Waals surface area contributed by atoms with E-state index in [2.05, 4.69) is 15.5 Å². The van der Waals surface area contributed by atoms with Crippen LogP contribution >= 0.6 is 0 Å². The topological polar surface area (TPSA) is 57.8 Å². The lowest BCUT2D eigenvalue weighted by Crippen LogP contribution is -2.16. The zero-order valence-electron chi connectivity index (χ0n) is 10.6. The second-order valence-electron chi connectivity index (χ2n) is 4.35. The lowest BCUT2D eigenvalue weighted by molar-refractivity contribution is -0.137. The van der Waals surface area contributed by atoms with E-state index in [0.29, 0.717) is 11.4 Å². The Balaban J connectivity index is 2.07. The van der Waals surface area contributed by atoms with Gasteiger partial charge in [-0.1, -0.05) is 18.2 Å². The molecule has 2 aromatic rings. The third kappa shape index (κ3) is 3.37. The SMILES string of the molecule is Cc1cn[nH]c1NC(=O)Cc1cccc(C(F)(F)F)c1. The molecule has 0 fully saturated rings. The van der Waals surface area contributed by atoms with Crippen LogP contribution in [0, 0.1) is 6.92 Å². The van der Waals surface area contributed by atoms with Crippen LogP contribution in [0.1, 0.15) is 16.7 Å². The minimum absolute atomic E-state index is 0.137. The summed E-state index contributed by atoms with van der Waals surface area (Å²) in [6, 6.07) is 4.71. The molecular formula is C13H12F3N3O. The van der Waals surface area contributed by atoms with Crippen LogP contribution in [0.5, 0.6) is 0 Å². The Labute approximate surface area is 113 Å². The van der Waals surface area contributed by atoms with Crippen LogP contribution in [0.4, 0.5) is 19.0 Å². The van der Waals surface area contributed by atoms with E-state index in [9.17, 15) is 18.0 Å². The molecule has 1 amide bonds. The number of carbonyl (C=O) groups excluding carboxylic acids is 1. The number of hydrogen-bond donors (Lipinski definition) is 2. The Morgan fingerprint density at radius 2 is 2.15 bits per heavy atom. The average molecular weight is 283 g/mol. The second-order valence-corrected chi connectivity index (χ2v) is 4.35. The molecule has 0 bridgehead atoms. The maximum Gasteiger partial charge on any atom is 0.416 e. The van der Waals surface area contributed by atoms with Crippen molar-refractivity contribution in [2.75, 3.05) is 5.32 Å². The molecule has 2 N–H and O–H groups in total. The first-order chi connectivity index (χ1) is 9.36. The standard InChI is InChI=1S/C13H12F3N3O/c1-8-7-17-19-12(8)18-11(20)6-9-3-2-4-10(5-9)13(14,15)16/h2-5,7H,6H2,1H3,(H2,17,18,19,20). The summed E-state index contributed by atoms with van der Waals surface area (Å²) in [6.07, 6.45) is -3.01. The molecule has 0 atom stereocenters. The molecule has 4 nitrogen and oxygen atoms in total. The summed E-state index contributed by atoms with van der Waals surface area (Å²) < 4.78 is 37.6. The molecule has 1 aromatic heterocycles. The number of nitrogens with one attached hydrogen (secondary N) is 2. The van der Waals surface area contributed by atoms with Gasteiger partial charge in [-0.25, -0.2) is 0 Å². The van der Waals surface area contributed by atoms with E-state index < -0.39 is 17.6 Å². The van der Waals surface area contributed by atoms with E-state index >= 15 is 0 Å². The Kier molecular flexibility index (Phi) is 3.78. The number of anilines is 1. The van der Waals surface area contributed by atoms with E-state index in [1.165, 1.54) is 12.1 Å². The van der Waals surface area contributed by atoms with Crippen LogP contribution < -0.4 is 5.32 Å². The predicted octanol–water partition coefficient (Wildman–Crippen LogP) is 2.92. The second kappa shape index (κ2) is 5.36. The number of rotatable bonds is 3. The highest BCUT2D eigenvalue weighted by Crippen LogP contribution is 2.29. The van der Waals surface area contributed by atoms with Crippen molar-refractivity contribution in [1.82, 2.24) is 10.2 Å². The van der Waals surface area contributed by atoms with Crippen molar-refractivity contribution in [1.29, 1.82) is 0 Å². The quantitative estimate of drug-likeness (QED) is 0.910. The minimum Gasteiger partial charge on any atom is -0.311 e. The number of H-pyrrole nitrogens is 1. The molecule has 0 saturated carbocycles. The molecule has 106 valence electrons. The van der Waals surface area contributed by atoms with Crippen molar-refractivity contribution in [2.24, 2.45) is 0 Å². The van der Waals surface area contributed by atoms with Crippen LogP contribution in [0.2, 0.25) is 0 Å². The van der Waals surface area contributed by atoms with E-state index in [1.807, 2.05) is 0 Å². The molecule has 0 aliphatic carbocycles. The smallest absolute Gasteiger partial charge is 0.311 e. The Morgan fingerprint density at radius 1 is 1.40 bits per heavy atom. The number of carbonyl (C=O) groups is 1. The molecule has 2 rings (SSSR count). The van der Waals surface area contributed by atoms with E-state index in [1.54, 1.807) is 13.1 Å². The molecular weight excluding hydrogens is 271 g/mol. The molecule has 0 radical (unpaired) electrons. The maximum atomic E-state index is 12.5. The number of amides is 1. The Hall–Kier alpha value is -2.31. The van der Waals surface area contributed by atoms with Crippen molar-refractivity contribution in [3.05, 3.63) is 47.2 Å². The molecule has 1 aromatic carbocycles. The highest BCUT2D eigenvalue weighted by Gasteiger charge is 2.30. The van der Waals surface area contributed by atoms with Crippen LogP contribution in [0.25, 0.3) is 0 Å². The van der Waals surface area contributed by atoms with Gasteiger partial charge in [-0.2, -0.15) is 18.3 Å². The molecule has 0 saturated heterocycles. The van der Waals surface area contributed by atoms with Gasteiger partial charge in [0, 0.05) is 5.56 Å². The average Bonchev–Trinajstić information content (AvgIpc) is 2.74. The van der Waals surface area contributed by atoms with Gasteiger partial charge in [-0.15, -0.1) is 0 Å². The fraction of sp³-hybridized carbons (Fsp3) is 0.231. The van der Waals surface area contributed by atoms with E-state index in [-0.39, 0.29) is 6.42 Å². The number of aromatic nitrogens is 2. The third-order valence-corrected chi connectivity index (χ3v) is 2.71. The largest absolute Gasteiger partial charge is 0.416 e. The maximum absolute atomic E-state index is 12.5. The minimum atomic E-state index is -4.41. The Bertz CT molecular complexity index is 619. The lowest BCUT2D eigenvalue weighted by Gasteiger charge is -2.09. The molecule has 7 heteroatoms. The first kappa shape index (κ1) is 14.1. The lowest BCUT2D eigenvalue weighted by atomic mass is 10.1. The number of benzene rings is 1. The summed E-state index contributed by atoms with van der Waals surface area (Å²) in [4.78, 5) is 11.8. The molecule has 0 spiro atoms. The number of aryl methyl sites for hydroxylation is 1. The van der Waals surface area contributed by atoms with Crippen molar-refractivity contribution >= 4 is 11.7 Å². The molecule has 0 aliphatic heterocycles. The van der Waals surface area contributed by atoms with Gasteiger partial charge < -0.3 is 5.32 Å². The van der Waals surface area contributed by atoms with Crippen molar-refractivity contribution in [2.45, 2.75) is 19.5 Å². The number of hydrogen-bond acceptors (Lipinski definition) is 2. The highest BCUT2D eigenvalue weighted by molar-refractivity contribution is 5.91. The summed E-state index contributed by atoms with van der Waals surface area (Å²) in [5, 5.41) is 8.89. The monoisotopic (exact) mass is 283 g/mol. The van der Waals surface area contributed by atoms with Gasteiger partial charge in [0.2, 0.25) is 5.91 Å². The van der Waals surface area contributed by atoms with E-state index in [4.69, 9.17) is 0 Å². The zero-order chi connectivity index (χ0) is 14.8. The van der Waals surface area contributed by atoms with Gasteiger partial charge in [0.05, 0.1) is 18.2 Å². The van der Waals surface area contributed by atoms with Gasteiger partial charge in [0.25, 0.3) is 0 Å². The summed E-state index contributed by atoms with van der Waals surface area (Å²) in [6.45, 7) is 1.75. The summed E-state index contributed by atoms with van der Waals surface area (Å²) in [7, 11) is 0. The number of aromatic amines is 1. The number of alkyl halides is 3. The normalized spacial score (nSPS) is 11.4. The van der Waals surface area contributed by atoms with Gasteiger partial charge in [0.1, 0.15) is 5.82 Å². The van der Waals surface area contributed by atoms with Crippen LogP contribution in [0.15, 0.2) is 30.5 Å². The number of halogens is 3. The molecule has 1 heterocycles. The Morgan fingerprint density at radius 3 is 2.75 bits per heavy atom. The predicted molar refractivity (Wildman–Crippen MR) is 67.1 cm³/mol. The van der Waals surface area contributed by atoms with Gasteiger partial charge >= 0.3 is 6.18 Å². The molecule has 20 heavy (non-hydrogen) atoms. The summed E-state index contributed by atoms with van der Waals surface area (Å²) >= 11 is 0. The fourth-order valence-corrected chi connectivity index (χ4v) is 1.70. The first-order valence-corrected chi connectivity index (χ1v) is 5.82. The van der Waals surface area contributed by atoms with Crippen molar-refractivity contribution in [3.8, 4) is 0 Å². The third-order valence-electron chi connectivity index (χ3n) is 2.71. The number of nitrogens with zero attached hydrogens (tertiary/aromatic N) is 1. The van der Waals surface area contributed by atoms with Crippen molar-refractivity contribution in [3.63, 3.8) is 0 Å². The van der Waals surface area contributed by atoms with Gasteiger partial charge in [-0.3, -0.25) is 9.89 Å². The molecule has 0 unspecified atom stereocenters. The van der Waals surface area contributed by atoms with Crippen LogP contribution in [0.3, 0.4) is 0 Å². The fourth-order valence-electron chi connectivity index (χ4n) is 1.70. The highest BCUT2D eigenvalue weighted by atomic mass is 19.4. The zero-order valence-corrected chi connectivity index (χ0v) is 10.6. The van der Waals surface area contributed by atoms with Gasteiger partial charge in [0.15, 0.2) is 0 Å². The van der Waals surface area contributed by atoms with Crippen molar-refractivity contribution < 1.29 is 18.0 Å². The molecule has 0 aliphatic rings.